The summed E-state index contributed by atoms with van der Waals surface area (Å²) >= 11 is 0. The van der Waals surface area contributed by atoms with Crippen molar-refractivity contribution in [3.63, 3.8) is 0 Å². The zero-order chi connectivity index (χ0) is 17.8. The van der Waals surface area contributed by atoms with Crippen molar-refractivity contribution in [3.05, 3.63) is 0 Å². The highest BCUT2D eigenvalue weighted by Crippen LogP contribution is 2.29. The summed E-state index contributed by atoms with van der Waals surface area (Å²) in [5, 5.41) is 0. The lowest BCUT2D eigenvalue weighted by Gasteiger charge is -2.05. The highest BCUT2D eigenvalue weighted by Gasteiger charge is 2.49. The first-order valence-electron chi connectivity index (χ1n) is 4.24. The van der Waals surface area contributed by atoms with Crippen LogP contribution in [-0.2, 0) is 42.2 Å². The third-order valence-electron chi connectivity index (χ3n) is 1.29. The van der Waals surface area contributed by atoms with Crippen LogP contribution in [0, 0.1) is 0 Å². The minimum atomic E-state index is -6.04. The van der Waals surface area contributed by atoms with Crippen molar-refractivity contribution in [2.24, 2.45) is 0 Å². The van der Waals surface area contributed by atoms with Crippen molar-refractivity contribution in [2.75, 3.05) is 13.6 Å². The fraction of sp³-hybridized carbons (Fsp3) is 1.00. The maximum absolute atomic E-state index is 11.7. The van der Waals surface area contributed by atoms with Crippen molar-refractivity contribution < 1.29 is 65.2 Å². The molecule has 22 heavy (non-hydrogen) atoms. The highest BCUT2D eigenvalue weighted by atomic mass is 32.2. The van der Waals surface area contributed by atoms with E-state index in [1.165, 1.54) is 0 Å². The molecule has 0 aliphatic heterocycles. The van der Waals surface area contributed by atoms with E-state index in [0.29, 0.717) is 0 Å². The molecule has 0 aromatic heterocycles. The minimum absolute atomic E-state index is 1.76. The molecular formula is C4H4F6O9PS2+. The molecule has 0 saturated heterocycles. The van der Waals surface area contributed by atoms with Crippen molar-refractivity contribution >= 4 is 28.5 Å². The number of alkyl halides is 6. The normalized spacial score (nSPS) is 14.1. The van der Waals surface area contributed by atoms with Gasteiger partial charge in [0.25, 0.3) is 0 Å². The Kier molecular flexibility index (Phi) is 7.13. The first kappa shape index (κ1) is 21.4. The van der Waals surface area contributed by atoms with Crippen LogP contribution < -0.4 is 0 Å². The summed E-state index contributed by atoms with van der Waals surface area (Å²) in [6.07, 6.45) is 0. The van der Waals surface area contributed by atoms with E-state index in [9.17, 15) is 47.7 Å². The molecule has 0 aromatic rings. The summed E-state index contributed by atoms with van der Waals surface area (Å²) in [5.41, 5.74) is -11.6. The van der Waals surface area contributed by atoms with Gasteiger partial charge in [0.15, 0.2) is 0 Å². The zero-order valence-electron chi connectivity index (χ0n) is 9.62. The molecule has 0 N–H and O–H groups in total. The van der Waals surface area contributed by atoms with Gasteiger partial charge in [-0.3, -0.25) is 0 Å². The lowest BCUT2D eigenvalue weighted by molar-refractivity contribution is -0.0613. The molecule has 0 saturated carbocycles. The summed E-state index contributed by atoms with van der Waals surface area (Å²) in [4.78, 5) is 0. The van der Waals surface area contributed by atoms with Crippen molar-refractivity contribution in [1.82, 2.24) is 0 Å². The van der Waals surface area contributed by atoms with E-state index >= 15 is 0 Å². The summed E-state index contributed by atoms with van der Waals surface area (Å²) in [5.74, 6) is 0. The fourth-order valence-electron chi connectivity index (χ4n) is 0.427. The molecule has 0 heterocycles. The minimum Gasteiger partial charge on any atom is -0.229 e. The van der Waals surface area contributed by atoms with Gasteiger partial charge in [0, 0.05) is 4.57 Å². The molecule has 0 radical (unpaired) electrons. The predicted octanol–water partition coefficient (Wildman–Crippen LogP) is 1.32. The quantitative estimate of drug-likeness (QED) is 0.193. The monoisotopic (exact) mass is 405 g/mol. The van der Waals surface area contributed by atoms with Gasteiger partial charge < -0.3 is 0 Å². The highest BCUT2D eigenvalue weighted by molar-refractivity contribution is 7.87. The van der Waals surface area contributed by atoms with Crippen LogP contribution in [0.15, 0.2) is 0 Å². The molecule has 0 fully saturated rings. The van der Waals surface area contributed by atoms with E-state index in [0.717, 1.165) is 0 Å². The van der Waals surface area contributed by atoms with Crippen LogP contribution >= 0.6 is 8.25 Å². The molecule has 0 bridgehead atoms. The van der Waals surface area contributed by atoms with Gasteiger partial charge in [0.1, 0.15) is 0 Å². The van der Waals surface area contributed by atoms with Crippen molar-refractivity contribution in [1.29, 1.82) is 0 Å². The molecule has 0 spiro atoms. The maximum atomic E-state index is 11.7. The van der Waals surface area contributed by atoms with Gasteiger partial charge in [-0.1, -0.05) is 9.05 Å². The van der Waals surface area contributed by atoms with E-state index in [1.807, 2.05) is 0 Å². The summed E-state index contributed by atoms with van der Waals surface area (Å²) in [6.45, 7) is -3.52. The largest absolute Gasteiger partial charge is 0.702 e. The van der Waals surface area contributed by atoms with E-state index < -0.39 is 53.1 Å². The molecule has 9 nitrogen and oxygen atoms in total. The maximum Gasteiger partial charge on any atom is 0.702 e. The lowest BCUT2D eigenvalue weighted by Crippen LogP contribution is -2.26. The second kappa shape index (κ2) is 7.33. The molecule has 0 atom stereocenters. The number of hydrogen-bond donors (Lipinski definition) is 0. The predicted molar refractivity (Wildman–Crippen MR) is 51.6 cm³/mol. The van der Waals surface area contributed by atoms with E-state index in [4.69, 9.17) is 0 Å². The average molecular weight is 405 g/mol. The Morgan fingerprint density at radius 1 is 0.727 bits per heavy atom. The second-order valence-corrected chi connectivity index (χ2v) is 6.93. The van der Waals surface area contributed by atoms with Crippen LogP contribution in [-0.4, -0.2) is 41.4 Å². The topological polar surface area (TPSA) is 122 Å². The Morgan fingerprint density at radius 2 is 1.00 bits per heavy atom. The van der Waals surface area contributed by atoms with Crippen LogP contribution in [0.5, 0.6) is 0 Å². The van der Waals surface area contributed by atoms with Crippen LogP contribution in [0.2, 0.25) is 0 Å². The average Bonchev–Trinajstić information content (AvgIpc) is 2.25. The molecule has 0 rings (SSSR count). The molecular weight excluding hydrogens is 401 g/mol. The van der Waals surface area contributed by atoms with Gasteiger partial charge in [0.05, 0.1) is 0 Å². The number of hydrogen-bond acceptors (Lipinski definition) is 9. The smallest absolute Gasteiger partial charge is 0.229 e. The van der Waals surface area contributed by atoms with E-state index in [2.05, 4.69) is 17.4 Å². The molecule has 0 amide bonds. The first-order valence-corrected chi connectivity index (χ1v) is 8.16. The summed E-state index contributed by atoms with van der Waals surface area (Å²) in [6, 6.07) is 0. The second-order valence-electron chi connectivity index (χ2n) is 2.75. The SMILES string of the molecule is O=[P+](OCOS(=O)(=O)C(F)(F)F)OCOS(=O)(=O)C(F)(F)F. The number of halogens is 6. The Hall–Kier alpha value is -0.580. The molecule has 132 valence electrons. The third kappa shape index (κ3) is 6.67. The van der Waals surface area contributed by atoms with Crippen LogP contribution in [0.25, 0.3) is 0 Å². The van der Waals surface area contributed by atoms with Gasteiger partial charge in [-0.15, -0.1) is 0 Å². The van der Waals surface area contributed by atoms with E-state index in [-0.39, 0.29) is 0 Å². The molecule has 18 heteroatoms. The Morgan fingerprint density at radius 3 is 1.23 bits per heavy atom. The fourth-order valence-corrected chi connectivity index (χ4v) is 1.54. The molecule has 0 unspecified atom stereocenters. The van der Waals surface area contributed by atoms with Gasteiger partial charge >= 0.3 is 39.5 Å². The number of rotatable bonds is 8. The zero-order valence-corrected chi connectivity index (χ0v) is 12.1. The van der Waals surface area contributed by atoms with Gasteiger partial charge in [0.2, 0.25) is 13.6 Å². The third-order valence-corrected chi connectivity index (χ3v) is 3.87. The Labute approximate surface area is 119 Å². The first-order chi connectivity index (χ1) is 9.60. The van der Waals surface area contributed by atoms with Crippen molar-refractivity contribution in [3.8, 4) is 0 Å². The molecule has 0 aromatic carbocycles. The van der Waals surface area contributed by atoms with Crippen molar-refractivity contribution in [2.45, 2.75) is 11.0 Å². The van der Waals surface area contributed by atoms with Crippen LogP contribution in [0.4, 0.5) is 26.3 Å². The summed E-state index contributed by atoms with van der Waals surface area (Å²) in [7, 11) is -15.6. The standard InChI is InChI=1S/C4H4F6O9PS2/c5-3(6,7)21(12,13)18-1-16-20(11)17-2-19-22(14,15)4(8,9)10/h1-2H2/q+1. The van der Waals surface area contributed by atoms with Gasteiger partial charge in [-0.25, -0.2) is 8.37 Å². The molecule has 0 aliphatic rings. The lowest BCUT2D eigenvalue weighted by atomic mass is 11.5. The van der Waals surface area contributed by atoms with Gasteiger partial charge in [-0.2, -0.15) is 43.2 Å². The van der Waals surface area contributed by atoms with Crippen LogP contribution in [0.3, 0.4) is 0 Å². The van der Waals surface area contributed by atoms with Crippen LogP contribution in [0.1, 0.15) is 0 Å². The Balaban J connectivity index is 4.20. The molecule has 0 aliphatic carbocycles. The van der Waals surface area contributed by atoms with Gasteiger partial charge in [-0.05, 0) is 0 Å². The van der Waals surface area contributed by atoms with E-state index in [1.54, 1.807) is 0 Å². The Bertz CT molecular complexity index is 539. The summed E-state index contributed by atoms with van der Waals surface area (Å²) < 4.78 is 136.